The number of hydrogen-bond donors (Lipinski definition) is 0. The van der Waals surface area contributed by atoms with E-state index in [0.717, 1.165) is 17.8 Å². The van der Waals surface area contributed by atoms with Gasteiger partial charge in [0.2, 0.25) is 0 Å². The summed E-state index contributed by atoms with van der Waals surface area (Å²) in [6, 6.07) is 45.3. The second-order valence-electron chi connectivity index (χ2n) is 13.0. The van der Waals surface area contributed by atoms with E-state index < -0.39 is 0 Å². The summed E-state index contributed by atoms with van der Waals surface area (Å²) in [4.78, 5) is 2.44. The monoisotopic (exact) mass is 531 g/mol. The molecule has 2 fully saturated rings. The molecular weight excluding hydrogens is 494 g/mol. The summed E-state index contributed by atoms with van der Waals surface area (Å²) >= 11 is 0. The third-order valence-electron chi connectivity index (χ3n) is 10.4. The smallest absolute Gasteiger partial charge is 0.0468 e. The first-order chi connectivity index (χ1) is 20.1. The van der Waals surface area contributed by atoms with Gasteiger partial charge < -0.3 is 4.90 Å². The molecule has 0 amide bonds. The number of rotatable bonds is 5. The first-order valence-electron chi connectivity index (χ1n) is 15.4. The topological polar surface area (TPSA) is 3.24 Å². The van der Waals surface area contributed by atoms with E-state index in [1.54, 1.807) is 0 Å². The Kier molecular flexibility index (Phi) is 5.71. The minimum Gasteiger partial charge on any atom is -0.310 e. The molecule has 5 aromatic carbocycles. The summed E-state index contributed by atoms with van der Waals surface area (Å²) in [5.74, 6) is 2.61. The maximum absolute atomic E-state index is 2.44. The molecule has 0 saturated heterocycles. The van der Waals surface area contributed by atoms with E-state index in [1.807, 2.05) is 0 Å². The highest BCUT2D eigenvalue weighted by molar-refractivity contribution is 5.86. The van der Waals surface area contributed by atoms with Crippen LogP contribution in [0.3, 0.4) is 0 Å². The van der Waals surface area contributed by atoms with Gasteiger partial charge in [-0.3, -0.25) is 0 Å². The lowest BCUT2D eigenvalue weighted by atomic mass is 9.82. The van der Waals surface area contributed by atoms with Crippen LogP contribution in [0.4, 0.5) is 17.1 Å². The van der Waals surface area contributed by atoms with E-state index in [0.29, 0.717) is 0 Å². The summed E-state index contributed by atoms with van der Waals surface area (Å²) in [5, 5.41) is 0. The highest BCUT2D eigenvalue weighted by Crippen LogP contribution is 2.53. The van der Waals surface area contributed by atoms with Crippen LogP contribution in [-0.2, 0) is 5.41 Å². The van der Waals surface area contributed by atoms with E-state index >= 15 is 0 Å². The fraction of sp³-hybridized carbons (Fsp3) is 0.250. The third-order valence-corrected chi connectivity index (χ3v) is 10.4. The van der Waals surface area contributed by atoms with Crippen molar-refractivity contribution in [3.05, 3.63) is 138 Å². The van der Waals surface area contributed by atoms with Gasteiger partial charge in [-0.25, -0.2) is 0 Å². The third kappa shape index (κ3) is 4.05. The predicted molar refractivity (Wildman–Crippen MR) is 172 cm³/mol. The maximum Gasteiger partial charge on any atom is 0.0468 e. The Morgan fingerprint density at radius 3 is 1.90 bits per heavy atom. The zero-order chi connectivity index (χ0) is 27.6. The van der Waals surface area contributed by atoms with Crippen molar-refractivity contribution >= 4 is 17.1 Å². The summed E-state index contributed by atoms with van der Waals surface area (Å²) in [6.45, 7) is 4.71. The van der Waals surface area contributed by atoms with Crippen LogP contribution in [0.5, 0.6) is 0 Å². The van der Waals surface area contributed by atoms with E-state index in [-0.39, 0.29) is 5.41 Å². The molecule has 3 aliphatic carbocycles. The van der Waals surface area contributed by atoms with E-state index in [9.17, 15) is 0 Å². The molecule has 8 rings (SSSR count). The Labute approximate surface area is 244 Å². The Morgan fingerprint density at radius 1 is 0.561 bits per heavy atom. The van der Waals surface area contributed by atoms with Crippen LogP contribution in [0.25, 0.3) is 22.3 Å². The second-order valence-corrected chi connectivity index (χ2v) is 13.0. The SMILES string of the molecule is CC1(C)c2ccccc2-c2cc(N(c3ccc(-c4ccccc4)cc3)c3ccc(C4CC5CCC4C5)cc3)ccc21. The van der Waals surface area contributed by atoms with Crippen molar-refractivity contribution in [2.24, 2.45) is 11.8 Å². The number of anilines is 3. The average Bonchev–Trinajstić information content (AvgIpc) is 3.72. The lowest BCUT2D eigenvalue weighted by Gasteiger charge is -2.28. The Bertz CT molecular complexity index is 1710. The van der Waals surface area contributed by atoms with Crippen molar-refractivity contribution in [2.45, 2.75) is 50.9 Å². The summed E-state index contributed by atoms with van der Waals surface area (Å²) in [6.07, 6.45) is 5.70. The molecule has 41 heavy (non-hydrogen) atoms. The highest BCUT2D eigenvalue weighted by atomic mass is 15.1. The lowest BCUT2D eigenvalue weighted by Crippen LogP contribution is -2.15. The van der Waals surface area contributed by atoms with Crippen LogP contribution >= 0.6 is 0 Å². The van der Waals surface area contributed by atoms with Gasteiger partial charge in [0, 0.05) is 22.5 Å². The van der Waals surface area contributed by atoms with Gasteiger partial charge in [0.15, 0.2) is 0 Å². The molecule has 3 unspecified atom stereocenters. The Balaban J connectivity index is 1.22. The van der Waals surface area contributed by atoms with E-state index in [2.05, 4.69) is 140 Å². The van der Waals surface area contributed by atoms with Crippen molar-refractivity contribution < 1.29 is 0 Å². The normalized spacial score (nSPS) is 21.5. The minimum atomic E-state index is 0.00886. The van der Waals surface area contributed by atoms with Gasteiger partial charge in [0.05, 0.1) is 0 Å². The van der Waals surface area contributed by atoms with Gasteiger partial charge in [0.1, 0.15) is 0 Å². The first-order valence-corrected chi connectivity index (χ1v) is 15.4. The molecular formula is C40H37N. The van der Waals surface area contributed by atoms with Gasteiger partial charge in [-0.1, -0.05) is 105 Å². The molecule has 5 aromatic rings. The Morgan fingerprint density at radius 2 is 1.20 bits per heavy atom. The van der Waals surface area contributed by atoms with Crippen LogP contribution in [0.15, 0.2) is 121 Å². The standard InChI is InChI=1S/C40H37N/c1-40(2)38-11-7-6-10-35(38)37-26-34(22-23-39(37)40)41(32-18-14-29(15-19-32)28-8-4-3-5-9-28)33-20-16-30(17-21-33)36-25-27-12-13-31(36)24-27/h3-11,14-23,26-27,31,36H,12-13,24-25H2,1-2H3. The van der Waals surface area contributed by atoms with Crippen LogP contribution in [-0.4, -0.2) is 0 Å². The zero-order valence-electron chi connectivity index (χ0n) is 24.1. The zero-order valence-corrected chi connectivity index (χ0v) is 24.1. The number of fused-ring (bicyclic) bond motifs is 5. The fourth-order valence-corrected chi connectivity index (χ4v) is 8.25. The van der Waals surface area contributed by atoms with Gasteiger partial charge in [-0.2, -0.15) is 0 Å². The van der Waals surface area contributed by atoms with Crippen molar-refractivity contribution in [1.29, 1.82) is 0 Å². The maximum atomic E-state index is 2.44. The quantitative estimate of drug-likeness (QED) is 0.218. The van der Waals surface area contributed by atoms with Crippen molar-refractivity contribution in [2.75, 3.05) is 4.90 Å². The fourth-order valence-electron chi connectivity index (χ4n) is 8.25. The molecule has 0 aromatic heterocycles. The van der Waals surface area contributed by atoms with Crippen molar-refractivity contribution in [3.63, 3.8) is 0 Å². The number of hydrogen-bond acceptors (Lipinski definition) is 1. The number of nitrogens with zero attached hydrogens (tertiary/aromatic N) is 1. The second kappa shape index (κ2) is 9.48. The van der Waals surface area contributed by atoms with E-state index in [1.165, 1.54) is 81.7 Å². The number of benzene rings is 5. The molecule has 0 radical (unpaired) electrons. The summed E-state index contributed by atoms with van der Waals surface area (Å²) < 4.78 is 0. The van der Waals surface area contributed by atoms with Gasteiger partial charge in [0.25, 0.3) is 0 Å². The minimum absolute atomic E-state index is 0.00886. The molecule has 0 N–H and O–H groups in total. The molecule has 3 aliphatic rings. The predicted octanol–water partition coefficient (Wildman–Crippen LogP) is 11.0. The molecule has 0 spiro atoms. The average molecular weight is 532 g/mol. The molecule has 0 heterocycles. The van der Waals surface area contributed by atoms with Gasteiger partial charge in [-0.15, -0.1) is 0 Å². The molecule has 1 heteroatoms. The van der Waals surface area contributed by atoms with Gasteiger partial charge in [-0.05, 0) is 112 Å². The van der Waals surface area contributed by atoms with Crippen LogP contribution in [0.2, 0.25) is 0 Å². The summed E-state index contributed by atoms with van der Waals surface area (Å²) in [5.41, 5.74) is 13.2. The van der Waals surface area contributed by atoms with Crippen LogP contribution in [0.1, 0.15) is 62.1 Å². The Hall–Kier alpha value is -4.10. The van der Waals surface area contributed by atoms with Crippen molar-refractivity contribution in [1.82, 2.24) is 0 Å². The highest BCUT2D eigenvalue weighted by Gasteiger charge is 2.40. The molecule has 1 nitrogen and oxygen atoms in total. The van der Waals surface area contributed by atoms with Crippen LogP contribution in [0, 0.1) is 11.8 Å². The summed E-state index contributed by atoms with van der Waals surface area (Å²) in [7, 11) is 0. The lowest BCUT2D eigenvalue weighted by molar-refractivity contribution is 0.420. The molecule has 202 valence electrons. The van der Waals surface area contributed by atoms with Crippen molar-refractivity contribution in [3.8, 4) is 22.3 Å². The van der Waals surface area contributed by atoms with Gasteiger partial charge >= 0.3 is 0 Å². The molecule has 2 saturated carbocycles. The largest absolute Gasteiger partial charge is 0.310 e. The van der Waals surface area contributed by atoms with E-state index in [4.69, 9.17) is 0 Å². The molecule has 0 aliphatic heterocycles. The molecule has 2 bridgehead atoms. The van der Waals surface area contributed by atoms with Crippen LogP contribution < -0.4 is 4.90 Å². The molecule has 3 atom stereocenters. The first kappa shape index (κ1) is 24.7.